The molecule has 0 aromatic carbocycles. The lowest BCUT2D eigenvalue weighted by atomic mass is 10.2. The van der Waals surface area contributed by atoms with Crippen molar-refractivity contribution in [3.05, 3.63) is 17.2 Å². The van der Waals surface area contributed by atoms with Crippen LogP contribution in [0.25, 0.3) is 0 Å². The third-order valence-corrected chi connectivity index (χ3v) is 3.18. The van der Waals surface area contributed by atoms with Gasteiger partial charge in [-0.05, 0) is 13.3 Å². The average molecular weight is 266 g/mol. The van der Waals surface area contributed by atoms with Crippen LogP contribution in [0.15, 0.2) is 0 Å². The molecule has 0 fully saturated rings. The van der Waals surface area contributed by atoms with E-state index in [0.717, 1.165) is 17.2 Å². The van der Waals surface area contributed by atoms with E-state index in [1.54, 1.807) is 14.0 Å². The summed E-state index contributed by atoms with van der Waals surface area (Å²) < 4.78 is 5.48. The van der Waals surface area contributed by atoms with Crippen LogP contribution in [0.2, 0.25) is 0 Å². The summed E-state index contributed by atoms with van der Waals surface area (Å²) in [5.74, 6) is 0.306. The maximum atomic E-state index is 12.1. The summed E-state index contributed by atoms with van der Waals surface area (Å²) in [6, 6.07) is 0. The summed E-state index contributed by atoms with van der Waals surface area (Å²) in [6.07, 6.45) is 0.685. The van der Waals surface area contributed by atoms with E-state index in [9.17, 15) is 4.79 Å². The van der Waals surface area contributed by atoms with Gasteiger partial charge in [0, 0.05) is 18.6 Å². The summed E-state index contributed by atoms with van der Waals surface area (Å²) in [5.41, 5.74) is 7.38. The van der Waals surface area contributed by atoms with Crippen LogP contribution in [-0.4, -0.2) is 25.0 Å². The lowest BCUT2D eigenvalue weighted by Crippen LogP contribution is -2.17. The Hall–Kier alpha value is -1.96. The first-order chi connectivity index (χ1) is 8.52. The Morgan fingerprint density at radius 2 is 2.28 bits per heavy atom. The topological polar surface area (TPSA) is 98.7 Å². The van der Waals surface area contributed by atoms with Gasteiger partial charge in [-0.3, -0.25) is 14.8 Å². The van der Waals surface area contributed by atoms with E-state index in [1.807, 2.05) is 6.92 Å². The fourth-order valence-electron chi connectivity index (χ4n) is 1.63. The number of amides is 1. The summed E-state index contributed by atoms with van der Waals surface area (Å²) in [6.45, 7) is 3.70. The molecule has 0 spiro atoms. The highest BCUT2D eigenvalue weighted by atomic mass is 32.1. The van der Waals surface area contributed by atoms with E-state index in [4.69, 9.17) is 5.73 Å². The molecular weight excluding hydrogens is 252 g/mol. The van der Waals surface area contributed by atoms with E-state index >= 15 is 0 Å². The molecule has 0 bridgehead atoms. The molecule has 0 aliphatic rings. The minimum Gasteiger partial charge on any atom is -0.395 e. The molecule has 2 rings (SSSR count). The van der Waals surface area contributed by atoms with Gasteiger partial charge in [0.2, 0.25) is 5.13 Å². The maximum Gasteiger partial charge on any atom is 0.277 e. The molecule has 0 unspecified atom stereocenters. The number of aromatic nitrogens is 4. The van der Waals surface area contributed by atoms with Crippen LogP contribution < -0.4 is 11.1 Å². The summed E-state index contributed by atoms with van der Waals surface area (Å²) in [4.78, 5) is 16.1. The number of carbonyl (C=O) groups is 1. The molecule has 0 radical (unpaired) electrons. The Bertz CT molecular complexity index is 587. The molecular formula is C10H14N6OS. The van der Waals surface area contributed by atoms with E-state index in [-0.39, 0.29) is 5.91 Å². The Balaban J connectivity index is 2.26. The number of nitrogen functional groups attached to an aromatic ring is 1. The SMILES string of the molecule is CCc1nn(C)c(C(=O)Nc2nc(C)ns2)c1N. The highest BCUT2D eigenvalue weighted by Gasteiger charge is 2.20. The first-order valence-corrected chi connectivity index (χ1v) is 6.23. The average Bonchev–Trinajstić information content (AvgIpc) is 2.83. The van der Waals surface area contributed by atoms with Gasteiger partial charge in [-0.1, -0.05) is 6.92 Å². The molecule has 2 aromatic heterocycles. The van der Waals surface area contributed by atoms with Crippen LogP contribution in [0, 0.1) is 6.92 Å². The Morgan fingerprint density at radius 3 is 2.78 bits per heavy atom. The Labute approximate surface area is 108 Å². The van der Waals surface area contributed by atoms with Gasteiger partial charge in [-0.2, -0.15) is 9.47 Å². The zero-order chi connectivity index (χ0) is 13.3. The number of nitrogens with zero attached hydrogens (tertiary/aromatic N) is 4. The van der Waals surface area contributed by atoms with E-state index in [2.05, 4.69) is 19.8 Å². The van der Waals surface area contributed by atoms with Crippen molar-refractivity contribution in [2.45, 2.75) is 20.3 Å². The molecule has 1 amide bonds. The minimum absolute atomic E-state index is 0.321. The number of anilines is 2. The summed E-state index contributed by atoms with van der Waals surface area (Å²) >= 11 is 1.13. The predicted octanol–water partition coefficient (Wildman–Crippen LogP) is 0.977. The largest absolute Gasteiger partial charge is 0.395 e. The van der Waals surface area contributed by atoms with Crippen LogP contribution in [-0.2, 0) is 13.5 Å². The number of hydrogen-bond acceptors (Lipinski definition) is 6. The second kappa shape index (κ2) is 4.73. The van der Waals surface area contributed by atoms with Crippen molar-refractivity contribution in [2.24, 2.45) is 7.05 Å². The van der Waals surface area contributed by atoms with Crippen molar-refractivity contribution in [1.29, 1.82) is 0 Å². The van der Waals surface area contributed by atoms with Crippen LogP contribution in [0.5, 0.6) is 0 Å². The van der Waals surface area contributed by atoms with Gasteiger partial charge in [0.05, 0.1) is 11.4 Å². The molecule has 18 heavy (non-hydrogen) atoms. The van der Waals surface area contributed by atoms with Gasteiger partial charge in [0.1, 0.15) is 11.5 Å². The summed E-state index contributed by atoms with van der Waals surface area (Å²) in [5, 5.41) is 7.31. The maximum absolute atomic E-state index is 12.1. The zero-order valence-corrected chi connectivity index (χ0v) is 11.2. The molecule has 0 atom stereocenters. The van der Waals surface area contributed by atoms with Gasteiger partial charge in [-0.15, -0.1) is 0 Å². The number of nitrogens with one attached hydrogen (secondary N) is 1. The third kappa shape index (κ3) is 2.19. The first kappa shape index (κ1) is 12.5. The normalized spacial score (nSPS) is 10.6. The molecule has 7 nitrogen and oxygen atoms in total. The third-order valence-electron chi connectivity index (χ3n) is 2.46. The molecule has 2 aromatic rings. The molecule has 0 aliphatic heterocycles. The minimum atomic E-state index is -0.321. The van der Waals surface area contributed by atoms with Gasteiger partial charge >= 0.3 is 0 Å². The molecule has 3 N–H and O–H groups in total. The lowest BCUT2D eigenvalue weighted by molar-refractivity contribution is 0.101. The van der Waals surface area contributed by atoms with Gasteiger partial charge in [0.25, 0.3) is 5.91 Å². The molecule has 0 saturated carbocycles. The quantitative estimate of drug-likeness (QED) is 0.862. The number of aryl methyl sites for hydroxylation is 3. The standard InChI is InChI=1S/C10H14N6OS/c1-4-6-7(11)8(16(3)14-6)9(17)13-10-12-5(2)15-18-10/h4,11H2,1-3H3,(H,12,13,15,17). The highest BCUT2D eigenvalue weighted by molar-refractivity contribution is 7.09. The van der Waals surface area contributed by atoms with E-state index < -0.39 is 0 Å². The first-order valence-electron chi connectivity index (χ1n) is 5.46. The van der Waals surface area contributed by atoms with Crippen molar-refractivity contribution in [3.63, 3.8) is 0 Å². The van der Waals surface area contributed by atoms with Gasteiger partial charge < -0.3 is 5.73 Å². The van der Waals surface area contributed by atoms with Crippen molar-refractivity contribution >= 4 is 28.3 Å². The molecule has 0 saturated heterocycles. The number of carbonyl (C=O) groups excluding carboxylic acids is 1. The summed E-state index contributed by atoms with van der Waals surface area (Å²) in [7, 11) is 1.69. The molecule has 0 aliphatic carbocycles. The van der Waals surface area contributed by atoms with Crippen LogP contribution in [0.3, 0.4) is 0 Å². The predicted molar refractivity (Wildman–Crippen MR) is 69.6 cm³/mol. The van der Waals surface area contributed by atoms with Gasteiger partial charge in [-0.25, -0.2) is 4.98 Å². The van der Waals surface area contributed by atoms with Crippen molar-refractivity contribution < 1.29 is 4.79 Å². The molecule has 96 valence electrons. The fourth-order valence-corrected chi connectivity index (χ4v) is 2.20. The fraction of sp³-hybridized carbons (Fsp3) is 0.400. The van der Waals surface area contributed by atoms with Crippen molar-refractivity contribution in [3.8, 4) is 0 Å². The lowest BCUT2D eigenvalue weighted by Gasteiger charge is -2.02. The smallest absolute Gasteiger partial charge is 0.277 e. The van der Waals surface area contributed by atoms with Crippen molar-refractivity contribution in [1.82, 2.24) is 19.1 Å². The number of nitrogens with two attached hydrogens (primary N) is 1. The highest BCUT2D eigenvalue weighted by Crippen LogP contribution is 2.19. The van der Waals surface area contributed by atoms with Gasteiger partial charge in [0.15, 0.2) is 0 Å². The van der Waals surface area contributed by atoms with E-state index in [1.165, 1.54) is 4.68 Å². The van der Waals surface area contributed by atoms with Crippen LogP contribution in [0.1, 0.15) is 28.9 Å². The second-order valence-electron chi connectivity index (χ2n) is 3.79. The monoisotopic (exact) mass is 266 g/mol. The Morgan fingerprint density at radius 1 is 1.56 bits per heavy atom. The number of rotatable bonds is 3. The van der Waals surface area contributed by atoms with Crippen molar-refractivity contribution in [2.75, 3.05) is 11.1 Å². The zero-order valence-electron chi connectivity index (χ0n) is 10.4. The van der Waals surface area contributed by atoms with Crippen LogP contribution in [0.4, 0.5) is 10.8 Å². The molecule has 2 heterocycles. The van der Waals surface area contributed by atoms with E-state index in [0.29, 0.717) is 28.8 Å². The second-order valence-corrected chi connectivity index (χ2v) is 4.54. The van der Waals surface area contributed by atoms with Crippen LogP contribution >= 0.6 is 11.5 Å². The molecule has 8 heteroatoms. The number of hydrogen-bond donors (Lipinski definition) is 2. The Kier molecular flexibility index (Phi) is 3.28.